The summed E-state index contributed by atoms with van der Waals surface area (Å²) < 4.78 is 5.56. The Morgan fingerprint density at radius 2 is 1.73 bits per heavy atom. The van der Waals surface area contributed by atoms with Gasteiger partial charge in [-0.2, -0.15) is 0 Å². The van der Waals surface area contributed by atoms with Crippen LogP contribution in [0.3, 0.4) is 0 Å². The van der Waals surface area contributed by atoms with E-state index in [1.165, 1.54) is 11.1 Å². The molecule has 2 aliphatic rings. The second kappa shape index (κ2) is 10.1. The number of carboxylic acid groups (broad SMARTS) is 1. The van der Waals surface area contributed by atoms with Gasteiger partial charge in [-0.05, 0) is 48.4 Å². The minimum Gasteiger partial charge on any atom is -0.481 e. The third-order valence-corrected chi connectivity index (χ3v) is 6.62. The van der Waals surface area contributed by atoms with Crippen molar-refractivity contribution in [2.75, 3.05) is 19.7 Å². The number of likely N-dealkylation sites (tertiary alicyclic amines) is 1. The lowest BCUT2D eigenvalue weighted by molar-refractivity contribution is -0.145. The highest BCUT2D eigenvalue weighted by molar-refractivity contribution is 5.79. The van der Waals surface area contributed by atoms with E-state index in [1.54, 1.807) is 4.90 Å². The summed E-state index contributed by atoms with van der Waals surface area (Å²) in [6, 6.07) is 16.1. The molecule has 2 aromatic rings. The van der Waals surface area contributed by atoms with E-state index >= 15 is 0 Å². The summed E-state index contributed by atoms with van der Waals surface area (Å²) in [6.45, 7) is 2.94. The van der Waals surface area contributed by atoms with Crippen LogP contribution in [0.2, 0.25) is 0 Å². The van der Waals surface area contributed by atoms with Crippen LogP contribution in [0.1, 0.15) is 49.7 Å². The van der Waals surface area contributed by atoms with E-state index < -0.39 is 18.0 Å². The first-order valence-corrected chi connectivity index (χ1v) is 11.6. The maximum atomic E-state index is 12.5. The standard InChI is InChI=1S/C26H30N2O5/c1-17(12-13-24(29)28-14-6-7-18(15-28)25(30)31)27-26(32)33-16-23-21-10-4-2-8-19(21)20-9-3-5-11-22(20)23/h2-5,8-11,17-18,23H,6-7,12-16H2,1H3,(H,27,32)(H,30,31)/t17?,18-/m1/s1. The summed E-state index contributed by atoms with van der Waals surface area (Å²) in [6.07, 6.45) is 1.55. The second-order valence-electron chi connectivity index (χ2n) is 8.93. The van der Waals surface area contributed by atoms with Crippen molar-refractivity contribution in [3.63, 3.8) is 0 Å². The Morgan fingerprint density at radius 3 is 2.36 bits per heavy atom. The van der Waals surface area contributed by atoms with E-state index in [0.29, 0.717) is 25.8 Å². The number of benzene rings is 2. The number of aliphatic carboxylic acids is 1. The highest BCUT2D eigenvalue weighted by Crippen LogP contribution is 2.44. The summed E-state index contributed by atoms with van der Waals surface area (Å²) in [5.41, 5.74) is 4.67. The predicted molar refractivity (Wildman–Crippen MR) is 124 cm³/mol. The molecule has 33 heavy (non-hydrogen) atoms. The van der Waals surface area contributed by atoms with Crippen LogP contribution in [-0.4, -0.2) is 53.7 Å². The van der Waals surface area contributed by atoms with E-state index in [4.69, 9.17) is 4.74 Å². The number of fused-ring (bicyclic) bond motifs is 3. The van der Waals surface area contributed by atoms with Crippen LogP contribution < -0.4 is 5.32 Å². The lowest BCUT2D eigenvalue weighted by Crippen LogP contribution is -2.43. The summed E-state index contributed by atoms with van der Waals surface area (Å²) in [5.74, 6) is -1.40. The number of rotatable bonds is 7. The van der Waals surface area contributed by atoms with Gasteiger partial charge in [0.15, 0.2) is 0 Å². The molecule has 0 saturated carbocycles. The first kappa shape index (κ1) is 22.8. The maximum Gasteiger partial charge on any atom is 0.407 e. The Bertz CT molecular complexity index is 991. The molecule has 0 spiro atoms. The number of hydrogen-bond acceptors (Lipinski definition) is 4. The highest BCUT2D eigenvalue weighted by Gasteiger charge is 2.30. The van der Waals surface area contributed by atoms with Gasteiger partial charge in [-0.3, -0.25) is 9.59 Å². The number of carbonyl (C=O) groups is 3. The predicted octanol–water partition coefficient (Wildman–Crippen LogP) is 4.02. The number of ether oxygens (including phenoxy) is 1. The van der Waals surface area contributed by atoms with E-state index in [2.05, 4.69) is 29.6 Å². The van der Waals surface area contributed by atoms with Gasteiger partial charge < -0.3 is 20.1 Å². The largest absolute Gasteiger partial charge is 0.481 e. The van der Waals surface area contributed by atoms with Crippen LogP contribution in [0, 0.1) is 5.92 Å². The van der Waals surface area contributed by atoms with Crippen LogP contribution >= 0.6 is 0 Å². The van der Waals surface area contributed by atoms with Crippen molar-refractivity contribution in [2.45, 2.75) is 44.6 Å². The molecule has 4 rings (SSSR count). The number of nitrogens with one attached hydrogen (secondary N) is 1. The third-order valence-electron chi connectivity index (χ3n) is 6.62. The Morgan fingerprint density at radius 1 is 1.09 bits per heavy atom. The Labute approximate surface area is 193 Å². The summed E-state index contributed by atoms with van der Waals surface area (Å²) >= 11 is 0. The molecular formula is C26H30N2O5. The summed E-state index contributed by atoms with van der Waals surface area (Å²) in [7, 11) is 0. The van der Waals surface area contributed by atoms with Gasteiger partial charge in [0.1, 0.15) is 6.61 Å². The first-order chi connectivity index (χ1) is 15.9. The smallest absolute Gasteiger partial charge is 0.407 e. The molecule has 0 bridgehead atoms. The number of carboxylic acids is 1. The Balaban J connectivity index is 1.25. The molecule has 0 aromatic heterocycles. The molecule has 7 nitrogen and oxygen atoms in total. The molecule has 2 amide bonds. The minimum absolute atomic E-state index is 0.00122. The highest BCUT2D eigenvalue weighted by atomic mass is 16.5. The van der Waals surface area contributed by atoms with Gasteiger partial charge in [-0.25, -0.2) is 4.79 Å². The summed E-state index contributed by atoms with van der Waals surface area (Å²) in [5, 5.41) is 12.0. The molecule has 0 radical (unpaired) electrons. The van der Waals surface area contributed by atoms with Gasteiger partial charge >= 0.3 is 12.1 Å². The SMILES string of the molecule is CC(CCC(=O)N1CCC[C@@H](C(=O)O)C1)NC(=O)OCC1c2ccccc2-c2ccccc21. The lowest BCUT2D eigenvalue weighted by atomic mass is 9.98. The van der Waals surface area contributed by atoms with Gasteiger partial charge in [-0.1, -0.05) is 48.5 Å². The van der Waals surface area contributed by atoms with E-state index in [-0.39, 0.29) is 37.4 Å². The van der Waals surface area contributed by atoms with E-state index in [0.717, 1.165) is 11.1 Å². The Kier molecular flexibility index (Phi) is 6.96. The van der Waals surface area contributed by atoms with Gasteiger partial charge in [0.2, 0.25) is 5.91 Å². The zero-order valence-electron chi connectivity index (χ0n) is 18.8. The number of alkyl carbamates (subject to hydrolysis) is 1. The molecule has 2 N–H and O–H groups in total. The van der Waals surface area contributed by atoms with Crippen LogP contribution in [0.25, 0.3) is 11.1 Å². The quantitative estimate of drug-likeness (QED) is 0.664. The second-order valence-corrected chi connectivity index (χ2v) is 8.93. The fourth-order valence-corrected chi connectivity index (χ4v) is 4.82. The maximum absolute atomic E-state index is 12.5. The Hall–Kier alpha value is -3.35. The van der Waals surface area contributed by atoms with Gasteiger partial charge in [-0.15, -0.1) is 0 Å². The fourth-order valence-electron chi connectivity index (χ4n) is 4.82. The minimum atomic E-state index is -0.849. The lowest BCUT2D eigenvalue weighted by Gasteiger charge is -2.31. The van der Waals surface area contributed by atoms with Crippen molar-refractivity contribution >= 4 is 18.0 Å². The van der Waals surface area contributed by atoms with Crippen molar-refractivity contribution < 1.29 is 24.2 Å². The molecule has 2 aromatic carbocycles. The van der Waals surface area contributed by atoms with Gasteiger partial charge in [0.25, 0.3) is 0 Å². The van der Waals surface area contributed by atoms with Gasteiger partial charge in [0, 0.05) is 31.5 Å². The number of hydrogen-bond donors (Lipinski definition) is 2. The van der Waals surface area contributed by atoms with Crippen LogP contribution in [0.4, 0.5) is 4.79 Å². The van der Waals surface area contributed by atoms with E-state index in [1.807, 2.05) is 31.2 Å². The van der Waals surface area contributed by atoms with Crippen molar-refractivity contribution in [3.8, 4) is 11.1 Å². The number of amides is 2. The molecule has 2 atom stereocenters. The zero-order valence-corrected chi connectivity index (χ0v) is 18.8. The molecule has 1 fully saturated rings. The molecule has 7 heteroatoms. The van der Waals surface area contributed by atoms with Crippen molar-refractivity contribution in [1.82, 2.24) is 10.2 Å². The van der Waals surface area contributed by atoms with Crippen molar-refractivity contribution in [2.24, 2.45) is 5.92 Å². The molecule has 1 unspecified atom stereocenters. The molecule has 1 aliphatic heterocycles. The monoisotopic (exact) mass is 450 g/mol. The normalized spacial score (nSPS) is 18.2. The van der Waals surface area contributed by atoms with Crippen LogP contribution in [-0.2, 0) is 14.3 Å². The van der Waals surface area contributed by atoms with Gasteiger partial charge in [0.05, 0.1) is 5.92 Å². The number of carbonyl (C=O) groups excluding carboxylic acids is 2. The fraction of sp³-hybridized carbons (Fsp3) is 0.423. The average molecular weight is 451 g/mol. The molecular weight excluding hydrogens is 420 g/mol. The zero-order chi connectivity index (χ0) is 23.4. The topological polar surface area (TPSA) is 95.9 Å². The van der Waals surface area contributed by atoms with Crippen molar-refractivity contribution in [1.29, 1.82) is 0 Å². The van der Waals surface area contributed by atoms with E-state index in [9.17, 15) is 19.5 Å². The number of piperidine rings is 1. The molecule has 1 saturated heterocycles. The number of nitrogens with zero attached hydrogens (tertiary/aromatic N) is 1. The molecule has 1 aliphatic carbocycles. The third kappa shape index (κ3) is 5.18. The van der Waals surface area contributed by atoms with Crippen LogP contribution in [0.5, 0.6) is 0 Å². The molecule has 174 valence electrons. The average Bonchev–Trinajstić information content (AvgIpc) is 3.15. The molecule has 1 heterocycles. The first-order valence-electron chi connectivity index (χ1n) is 11.6. The summed E-state index contributed by atoms with van der Waals surface area (Å²) in [4.78, 5) is 37.7. The van der Waals surface area contributed by atoms with Crippen LogP contribution in [0.15, 0.2) is 48.5 Å². The van der Waals surface area contributed by atoms with Crippen molar-refractivity contribution in [3.05, 3.63) is 59.7 Å².